The topological polar surface area (TPSA) is 479 Å². The van der Waals surface area contributed by atoms with E-state index in [-0.39, 0.29) is 48.7 Å². The Morgan fingerprint density at radius 1 is 0.453 bits per heavy atom. The Kier molecular flexibility index (Phi) is 25.6. The van der Waals surface area contributed by atoms with E-state index in [9.17, 15) is 78.3 Å². The molecule has 5 aromatic rings. The number of aliphatic hydroxyl groups excluding tert-OH is 1. The number of primary amides is 2. The van der Waals surface area contributed by atoms with Crippen molar-refractivity contribution in [3.8, 4) is 17.2 Å². The number of aromatic nitrogens is 1. The molecule has 9 atom stereocenters. The third kappa shape index (κ3) is 20.7. The second kappa shape index (κ2) is 32.6. The van der Waals surface area contributed by atoms with Gasteiger partial charge in [0, 0.05) is 54.3 Å². The summed E-state index contributed by atoms with van der Waals surface area (Å²) in [4.78, 5) is 151. The van der Waals surface area contributed by atoms with E-state index < -0.39 is 151 Å². The number of aliphatic carboxylic acids is 1. The van der Waals surface area contributed by atoms with Gasteiger partial charge in [-0.25, -0.2) is 4.79 Å². The van der Waals surface area contributed by atoms with Crippen molar-refractivity contribution in [3.05, 3.63) is 126 Å². The quantitative estimate of drug-likeness (QED) is 0.0184. The van der Waals surface area contributed by atoms with E-state index in [0.717, 1.165) is 0 Å². The van der Waals surface area contributed by atoms with Gasteiger partial charge >= 0.3 is 5.97 Å². The second-order valence-electron chi connectivity index (χ2n) is 19.8. The van der Waals surface area contributed by atoms with E-state index >= 15 is 0 Å². The first-order valence-corrected chi connectivity index (χ1v) is 27.8. The number of carbonyl (C=O) groups excluding carboxylic acids is 10. The molecule has 20 N–H and O–H groups in total. The molecule has 5 rings (SSSR count). The fourth-order valence-corrected chi connectivity index (χ4v) is 9.10. The summed E-state index contributed by atoms with van der Waals surface area (Å²) < 4.78 is 0. The molecule has 0 bridgehead atoms. The van der Waals surface area contributed by atoms with Crippen LogP contribution >= 0.6 is 25.3 Å². The number of amides is 10. The summed E-state index contributed by atoms with van der Waals surface area (Å²) in [6.07, 6.45) is -1.32. The Morgan fingerprint density at radius 3 is 1.33 bits per heavy atom. The zero-order valence-corrected chi connectivity index (χ0v) is 47.7. The number of benzene rings is 4. The van der Waals surface area contributed by atoms with Crippen LogP contribution in [-0.4, -0.2) is 168 Å². The number of phenolic OH excluding ortho intramolecular Hbond substituents is 3. The maximum atomic E-state index is 14.3. The zero-order valence-electron chi connectivity index (χ0n) is 45.9. The Balaban J connectivity index is 1.33. The maximum Gasteiger partial charge on any atom is 0.326 e. The van der Waals surface area contributed by atoms with Crippen LogP contribution in [0.1, 0.15) is 41.5 Å². The van der Waals surface area contributed by atoms with E-state index in [1.807, 2.05) is 0 Å². The molecule has 0 spiro atoms. The molecule has 30 heteroatoms. The van der Waals surface area contributed by atoms with Gasteiger partial charge in [-0.15, -0.1) is 0 Å². The lowest BCUT2D eigenvalue weighted by Crippen LogP contribution is -2.61. The minimum Gasteiger partial charge on any atom is -0.508 e. The number of carbonyl (C=O) groups is 11. The number of phenols is 3. The second-order valence-corrected chi connectivity index (χ2v) is 20.6. The molecule has 86 heavy (non-hydrogen) atoms. The molecule has 460 valence electrons. The Bertz CT molecular complexity index is 3220. The predicted octanol–water partition coefficient (Wildman–Crippen LogP) is -3.16. The number of aromatic hydroxyl groups is 3. The maximum absolute atomic E-state index is 14.3. The number of H-pyrrole nitrogens is 1. The lowest BCUT2D eigenvalue weighted by Gasteiger charge is -2.27. The number of nitrogens with two attached hydrogens (primary N) is 3. The number of nitrogens with one attached hydrogen (secondary N) is 9. The van der Waals surface area contributed by atoms with Gasteiger partial charge in [-0.1, -0.05) is 54.6 Å². The van der Waals surface area contributed by atoms with E-state index in [2.05, 4.69) is 72.8 Å². The first kappa shape index (κ1) is 67.4. The number of aromatic amines is 1. The van der Waals surface area contributed by atoms with Crippen LogP contribution in [0.4, 0.5) is 0 Å². The molecule has 0 saturated carbocycles. The highest BCUT2D eigenvalue weighted by molar-refractivity contribution is 7.80. The van der Waals surface area contributed by atoms with Gasteiger partial charge in [0.2, 0.25) is 59.1 Å². The van der Waals surface area contributed by atoms with Crippen molar-refractivity contribution in [1.82, 2.24) is 47.5 Å². The summed E-state index contributed by atoms with van der Waals surface area (Å²) in [6, 6.07) is 9.33. The SMILES string of the molecule is NC(=O)CC[C@H](NC(=O)[C@H](CO)NC(=O)[C@H](Cc1c[nH]c2ccccc12)NC(=O)[C@H](CS)NC(=O)[C@@H](N)Cc1ccc(O)cc1)C(=O)N[C@@H](CC(N)=O)C(=O)N[C@@H](Cc1ccc(O)cc1)C(=O)N[C@@H](CS)C(=O)N[C@@H](Cc1ccc(O)cc1)C(=O)O. The minimum atomic E-state index is -1.94. The van der Waals surface area contributed by atoms with Crippen LogP contribution in [-0.2, 0) is 78.4 Å². The molecule has 0 aliphatic carbocycles. The average Bonchev–Trinajstić information content (AvgIpc) is 2.37. The number of para-hydroxylation sites is 1. The Labute approximate surface area is 502 Å². The van der Waals surface area contributed by atoms with Gasteiger partial charge in [-0.3, -0.25) is 47.9 Å². The number of rotatable bonds is 33. The number of fused-ring (bicyclic) bond motifs is 1. The van der Waals surface area contributed by atoms with E-state index in [4.69, 9.17) is 17.2 Å². The number of hydrogen-bond acceptors (Lipinski definition) is 18. The normalized spacial score (nSPS) is 14.2. The van der Waals surface area contributed by atoms with Gasteiger partial charge in [0.1, 0.15) is 65.6 Å². The van der Waals surface area contributed by atoms with Crippen LogP contribution < -0.4 is 59.7 Å². The van der Waals surface area contributed by atoms with Crippen molar-refractivity contribution >= 4 is 101 Å². The Hall–Kier alpha value is -9.39. The van der Waals surface area contributed by atoms with Crippen LogP contribution in [0.3, 0.4) is 0 Å². The van der Waals surface area contributed by atoms with Crippen LogP contribution in [0.15, 0.2) is 103 Å². The van der Waals surface area contributed by atoms with Crippen LogP contribution in [0, 0.1) is 0 Å². The van der Waals surface area contributed by atoms with Crippen molar-refractivity contribution in [3.63, 3.8) is 0 Å². The molecule has 4 aromatic carbocycles. The summed E-state index contributed by atoms with van der Waals surface area (Å²) >= 11 is 8.40. The fourth-order valence-electron chi connectivity index (χ4n) is 8.59. The molecule has 28 nitrogen and oxygen atoms in total. The summed E-state index contributed by atoms with van der Waals surface area (Å²) in [5, 5.41) is 69.4. The highest BCUT2D eigenvalue weighted by Gasteiger charge is 2.36. The number of thiol groups is 2. The number of hydrogen-bond donors (Lipinski definition) is 19. The number of carboxylic acids is 1. The van der Waals surface area contributed by atoms with Gasteiger partial charge in [-0.05, 0) is 77.6 Å². The van der Waals surface area contributed by atoms with Gasteiger partial charge in [0.15, 0.2) is 0 Å². The van der Waals surface area contributed by atoms with Gasteiger partial charge in [0.25, 0.3) is 0 Å². The van der Waals surface area contributed by atoms with Crippen molar-refractivity contribution in [2.75, 3.05) is 18.1 Å². The van der Waals surface area contributed by atoms with Crippen LogP contribution in [0.2, 0.25) is 0 Å². The van der Waals surface area contributed by atoms with E-state index in [1.54, 1.807) is 42.6 Å². The lowest BCUT2D eigenvalue weighted by molar-refractivity contribution is -0.142. The lowest BCUT2D eigenvalue weighted by atomic mass is 10.0. The molecule has 0 radical (unpaired) electrons. The van der Waals surface area contributed by atoms with E-state index in [1.165, 1.54) is 60.7 Å². The highest BCUT2D eigenvalue weighted by Crippen LogP contribution is 2.20. The molecule has 1 aromatic heterocycles. The number of aliphatic hydroxyl groups is 1. The monoisotopic (exact) mass is 1230 g/mol. The average molecular weight is 1230 g/mol. The van der Waals surface area contributed by atoms with Gasteiger partial charge in [-0.2, -0.15) is 25.3 Å². The number of carboxylic acid groups (broad SMARTS) is 1. The van der Waals surface area contributed by atoms with Crippen molar-refractivity contribution < 1.29 is 78.3 Å². The fraction of sp³-hybridized carbons (Fsp3) is 0.339. The predicted molar refractivity (Wildman–Crippen MR) is 316 cm³/mol. The molecule has 1 heterocycles. The smallest absolute Gasteiger partial charge is 0.326 e. The largest absolute Gasteiger partial charge is 0.508 e. The van der Waals surface area contributed by atoms with Gasteiger partial charge in [0.05, 0.1) is 19.1 Å². The van der Waals surface area contributed by atoms with Crippen LogP contribution in [0.25, 0.3) is 10.9 Å². The third-order valence-electron chi connectivity index (χ3n) is 13.3. The third-order valence-corrected chi connectivity index (χ3v) is 14.0. The van der Waals surface area contributed by atoms with Crippen molar-refractivity contribution in [2.45, 2.75) is 99.3 Å². The molecule has 10 amide bonds. The standard InChI is InChI=1S/C56H68N12O16S2/c57-36(19-28-5-11-32(70)12-6-28)48(75)67-44(26-85)54(81)63-40(22-31-24-60-37-4-2-1-3-35(31)37)51(78)66-43(25-69)53(80)61-38(17-18-46(58)73)49(76)64-41(23-47(59)74)52(79)62-39(20-29-7-13-33(71)14-8-29)50(77)68-45(27-86)55(82)65-42(56(83)84)21-30-9-15-34(72)16-10-30/h1-16,24,36,38-45,60,69-72,85-86H,17-23,25-27,57H2,(H2,58,73)(H2,59,74)(H,61,80)(H,62,79)(H,63,81)(H,64,76)(H,65,82)(H,66,78)(H,67,75)(H,68,77)(H,83,84)/t36-,38-,39-,40-,41-,42-,43-,44-,45-/m0/s1. The highest BCUT2D eigenvalue weighted by atomic mass is 32.1. The summed E-state index contributed by atoms with van der Waals surface area (Å²) in [5.74, 6) is -13.0. The summed E-state index contributed by atoms with van der Waals surface area (Å²) in [7, 11) is 0. The van der Waals surface area contributed by atoms with Crippen LogP contribution in [0.5, 0.6) is 17.2 Å². The molecular formula is C56H68N12O16S2. The van der Waals surface area contributed by atoms with Crippen molar-refractivity contribution in [1.29, 1.82) is 0 Å². The Morgan fingerprint density at radius 2 is 0.837 bits per heavy atom. The summed E-state index contributed by atoms with van der Waals surface area (Å²) in [5.41, 5.74) is 19.6. The summed E-state index contributed by atoms with van der Waals surface area (Å²) in [6.45, 7) is -1.13. The van der Waals surface area contributed by atoms with E-state index in [0.29, 0.717) is 33.2 Å². The first-order chi connectivity index (χ1) is 40.9. The molecule has 0 unspecified atom stereocenters. The molecule has 0 aliphatic heterocycles. The molecular weight excluding hydrogens is 1160 g/mol. The minimum absolute atomic E-state index is 0.00524. The molecule has 0 fully saturated rings. The first-order valence-electron chi connectivity index (χ1n) is 26.6. The van der Waals surface area contributed by atoms with Crippen molar-refractivity contribution in [2.24, 2.45) is 17.2 Å². The molecule has 0 aliphatic rings. The molecule has 0 saturated heterocycles. The zero-order chi connectivity index (χ0) is 63.2. The van der Waals surface area contributed by atoms with Gasteiger partial charge < -0.3 is 90.3 Å².